The normalized spacial score (nSPS) is 18.8. The van der Waals surface area contributed by atoms with Crippen molar-refractivity contribution in [2.24, 2.45) is 0 Å². The zero-order valence-corrected chi connectivity index (χ0v) is 11.5. The van der Waals surface area contributed by atoms with Gasteiger partial charge >= 0.3 is 0 Å². The Labute approximate surface area is 110 Å². The molecule has 1 unspecified atom stereocenters. The molecule has 1 aliphatic heterocycles. The number of rotatable bonds is 5. The van der Waals surface area contributed by atoms with Gasteiger partial charge in [-0.3, -0.25) is 4.90 Å². The smallest absolute Gasteiger partial charge is 0.0594 e. The molecule has 0 bridgehead atoms. The van der Waals surface area contributed by atoms with Gasteiger partial charge in [-0.25, -0.2) is 0 Å². The van der Waals surface area contributed by atoms with Crippen molar-refractivity contribution in [2.45, 2.75) is 19.4 Å². The van der Waals surface area contributed by atoms with E-state index in [4.69, 9.17) is 4.74 Å². The Morgan fingerprint density at radius 1 is 1.22 bits per heavy atom. The summed E-state index contributed by atoms with van der Waals surface area (Å²) in [6.45, 7) is 7.19. The van der Waals surface area contributed by atoms with Crippen LogP contribution in [-0.2, 0) is 4.74 Å². The third-order valence-corrected chi connectivity index (χ3v) is 3.67. The minimum atomic E-state index is 0.452. The second-order valence-electron chi connectivity index (χ2n) is 4.99. The summed E-state index contributed by atoms with van der Waals surface area (Å²) in [6, 6.07) is 9.29. The molecule has 100 valence electrons. The second-order valence-corrected chi connectivity index (χ2v) is 4.99. The van der Waals surface area contributed by atoms with Crippen LogP contribution in [0.4, 0.5) is 0 Å². The van der Waals surface area contributed by atoms with Crippen molar-refractivity contribution in [1.29, 1.82) is 0 Å². The molecule has 2 rings (SSSR count). The number of benzene rings is 1. The van der Waals surface area contributed by atoms with Gasteiger partial charge in [0, 0.05) is 25.7 Å². The van der Waals surface area contributed by atoms with Crippen LogP contribution in [0, 0.1) is 6.92 Å². The minimum Gasteiger partial charge on any atom is -0.379 e. The third-order valence-electron chi connectivity index (χ3n) is 3.67. The maximum Gasteiger partial charge on any atom is 0.0594 e. The number of nitrogens with one attached hydrogen (secondary N) is 1. The van der Waals surface area contributed by atoms with Gasteiger partial charge in [0.1, 0.15) is 0 Å². The molecular formula is C15H24N2O. The lowest BCUT2D eigenvalue weighted by Gasteiger charge is -2.28. The van der Waals surface area contributed by atoms with E-state index in [1.807, 2.05) is 7.05 Å². The lowest BCUT2D eigenvalue weighted by atomic mass is 10.0. The van der Waals surface area contributed by atoms with Crippen LogP contribution in [-0.4, -0.2) is 44.8 Å². The maximum atomic E-state index is 5.37. The Kier molecular flexibility index (Phi) is 5.17. The molecule has 1 aliphatic rings. The fourth-order valence-electron chi connectivity index (χ4n) is 2.41. The van der Waals surface area contributed by atoms with E-state index in [9.17, 15) is 0 Å². The lowest BCUT2D eigenvalue weighted by Crippen LogP contribution is -2.38. The van der Waals surface area contributed by atoms with Gasteiger partial charge in [-0.15, -0.1) is 0 Å². The summed E-state index contributed by atoms with van der Waals surface area (Å²) >= 11 is 0. The Bertz CT molecular complexity index is 344. The highest BCUT2D eigenvalue weighted by atomic mass is 16.5. The van der Waals surface area contributed by atoms with Gasteiger partial charge in [0.05, 0.1) is 13.2 Å². The summed E-state index contributed by atoms with van der Waals surface area (Å²) in [6.07, 6.45) is 1.15. The minimum absolute atomic E-state index is 0.452. The molecule has 3 heteroatoms. The maximum absolute atomic E-state index is 5.37. The summed E-state index contributed by atoms with van der Waals surface area (Å²) in [7, 11) is 2.05. The summed E-state index contributed by atoms with van der Waals surface area (Å²) in [5.41, 5.74) is 2.71. The molecule has 1 N–H and O–H groups in total. The van der Waals surface area contributed by atoms with Gasteiger partial charge in [0.25, 0.3) is 0 Å². The number of nitrogens with zero attached hydrogens (tertiary/aromatic N) is 1. The van der Waals surface area contributed by atoms with Gasteiger partial charge in [-0.05, 0) is 26.0 Å². The standard InChI is InChI=1S/C15H24N2O/c1-13-3-5-14(6-4-13)15(16-2)7-8-17-9-11-18-12-10-17/h3-6,15-16H,7-12H2,1-2H3. The molecule has 1 atom stereocenters. The molecule has 0 amide bonds. The zero-order valence-electron chi connectivity index (χ0n) is 11.5. The Hall–Kier alpha value is -0.900. The van der Waals surface area contributed by atoms with Crippen LogP contribution in [0.5, 0.6) is 0 Å². The molecule has 18 heavy (non-hydrogen) atoms. The summed E-state index contributed by atoms with van der Waals surface area (Å²) < 4.78 is 5.37. The van der Waals surface area contributed by atoms with Crippen LogP contribution < -0.4 is 5.32 Å². The van der Waals surface area contributed by atoms with Crippen molar-refractivity contribution in [2.75, 3.05) is 39.9 Å². The van der Waals surface area contributed by atoms with E-state index in [2.05, 4.69) is 41.4 Å². The number of ether oxygens (including phenoxy) is 1. The quantitative estimate of drug-likeness (QED) is 0.862. The highest BCUT2D eigenvalue weighted by molar-refractivity contribution is 5.24. The van der Waals surface area contributed by atoms with Crippen molar-refractivity contribution >= 4 is 0 Å². The first-order valence-corrected chi connectivity index (χ1v) is 6.83. The highest BCUT2D eigenvalue weighted by Gasteiger charge is 2.14. The predicted molar refractivity (Wildman–Crippen MR) is 74.9 cm³/mol. The van der Waals surface area contributed by atoms with E-state index in [1.54, 1.807) is 0 Å². The van der Waals surface area contributed by atoms with Gasteiger partial charge in [-0.2, -0.15) is 0 Å². The fraction of sp³-hybridized carbons (Fsp3) is 0.600. The largest absolute Gasteiger partial charge is 0.379 e. The van der Waals surface area contributed by atoms with E-state index >= 15 is 0 Å². The lowest BCUT2D eigenvalue weighted by molar-refractivity contribution is 0.0362. The van der Waals surface area contributed by atoms with E-state index in [0.29, 0.717) is 6.04 Å². The van der Waals surface area contributed by atoms with Crippen LogP contribution in [0.3, 0.4) is 0 Å². The molecule has 1 saturated heterocycles. The molecular weight excluding hydrogens is 224 g/mol. The van der Waals surface area contributed by atoms with Crippen LogP contribution in [0.15, 0.2) is 24.3 Å². The van der Waals surface area contributed by atoms with Gasteiger partial charge in [-0.1, -0.05) is 29.8 Å². The Morgan fingerprint density at radius 3 is 2.50 bits per heavy atom. The van der Waals surface area contributed by atoms with E-state index < -0.39 is 0 Å². The highest BCUT2D eigenvalue weighted by Crippen LogP contribution is 2.17. The van der Waals surface area contributed by atoms with Gasteiger partial charge < -0.3 is 10.1 Å². The third kappa shape index (κ3) is 3.80. The average molecular weight is 248 g/mol. The Morgan fingerprint density at radius 2 is 1.89 bits per heavy atom. The molecule has 1 fully saturated rings. The molecule has 0 radical (unpaired) electrons. The number of hydrogen-bond acceptors (Lipinski definition) is 3. The van der Waals surface area contributed by atoms with Crippen molar-refractivity contribution in [3.8, 4) is 0 Å². The predicted octanol–water partition coefficient (Wildman–Crippen LogP) is 1.98. The molecule has 0 spiro atoms. The van der Waals surface area contributed by atoms with Crippen molar-refractivity contribution in [1.82, 2.24) is 10.2 Å². The number of morpholine rings is 1. The van der Waals surface area contributed by atoms with Gasteiger partial charge in [0.15, 0.2) is 0 Å². The molecule has 0 saturated carbocycles. The average Bonchev–Trinajstić information content (AvgIpc) is 2.42. The Balaban J connectivity index is 1.86. The molecule has 3 nitrogen and oxygen atoms in total. The number of hydrogen-bond donors (Lipinski definition) is 1. The molecule has 1 heterocycles. The van der Waals surface area contributed by atoms with Crippen LogP contribution >= 0.6 is 0 Å². The van der Waals surface area contributed by atoms with E-state index in [1.165, 1.54) is 11.1 Å². The molecule has 0 aliphatic carbocycles. The van der Waals surface area contributed by atoms with Gasteiger partial charge in [0.2, 0.25) is 0 Å². The topological polar surface area (TPSA) is 24.5 Å². The van der Waals surface area contributed by atoms with E-state index in [0.717, 1.165) is 39.3 Å². The first-order valence-electron chi connectivity index (χ1n) is 6.83. The van der Waals surface area contributed by atoms with Crippen molar-refractivity contribution in [3.05, 3.63) is 35.4 Å². The molecule has 0 aromatic heterocycles. The van der Waals surface area contributed by atoms with E-state index in [-0.39, 0.29) is 0 Å². The monoisotopic (exact) mass is 248 g/mol. The fourth-order valence-corrected chi connectivity index (χ4v) is 2.41. The summed E-state index contributed by atoms with van der Waals surface area (Å²) in [4.78, 5) is 2.49. The van der Waals surface area contributed by atoms with Crippen molar-refractivity contribution in [3.63, 3.8) is 0 Å². The van der Waals surface area contributed by atoms with Crippen molar-refractivity contribution < 1.29 is 4.74 Å². The molecule has 1 aromatic rings. The van der Waals surface area contributed by atoms with Crippen LogP contribution in [0.25, 0.3) is 0 Å². The zero-order chi connectivity index (χ0) is 12.8. The summed E-state index contributed by atoms with van der Waals surface area (Å²) in [5.74, 6) is 0. The first-order chi connectivity index (χ1) is 8.79. The molecule has 1 aromatic carbocycles. The second kappa shape index (κ2) is 6.88. The van der Waals surface area contributed by atoms with Crippen LogP contribution in [0.2, 0.25) is 0 Å². The SMILES string of the molecule is CNC(CCN1CCOCC1)c1ccc(C)cc1. The summed E-state index contributed by atoms with van der Waals surface area (Å²) in [5, 5.41) is 3.42. The first kappa shape index (κ1) is 13.5. The number of aryl methyl sites for hydroxylation is 1. The van der Waals surface area contributed by atoms with Crippen LogP contribution in [0.1, 0.15) is 23.6 Å².